The highest BCUT2D eigenvalue weighted by molar-refractivity contribution is 6.11. The number of hydrogen-bond donors (Lipinski definition) is 1. The van der Waals surface area contributed by atoms with E-state index < -0.39 is 0 Å². The van der Waals surface area contributed by atoms with Crippen LogP contribution in [0.2, 0.25) is 0 Å². The standard InChI is InChI=1S/C21H20N2O3/c1-26-20-9-5-4-8-16(20)19(24)12-17-21(25)23-11-10-14-6-2-3-7-15(14)18(23)13-22-17/h2-9,12,18,22H,10-11,13H2,1H3/b17-12-. The van der Waals surface area contributed by atoms with E-state index in [4.69, 9.17) is 4.74 Å². The minimum atomic E-state index is -0.242. The van der Waals surface area contributed by atoms with Gasteiger partial charge in [0.05, 0.1) is 18.7 Å². The van der Waals surface area contributed by atoms with Gasteiger partial charge in [0, 0.05) is 19.2 Å². The average Bonchev–Trinajstić information content (AvgIpc) is 2.69. The highest BCUT2D eigenvalue weighted by atomic mass is 16.5. The Balaban J connectivity index is 1.60. The number of ketones is 1. The third-order valence-electron chi connectivity index (χ3n) is 5.04. The largest absolute Gasteiger partial charge is 0.496 e. The molecule has 2 aliphatic rings. The molecule has 132 valence electrons. The number of fused-ring (bicyclic) bond motifs is 3. The summed E-state index contributed by atoms with van der Waals surface area (Å²) in [5.74, 6) is 0.135. The molecular formula is C21H20N2O3. The molecule has 2 aliphatic heterocycles. The summed E-state index contributed by atoms with van der Waals surface area (Å²) in [4.78, 5) is 27.4. The Labute approximate surface area is 152 Å². The van der Waals surface area contributed by atoms with Crippen LogP contribution in [0.5, 0.6) is 5.75 Å². The molecule has 4 rings (SSSR count). The van der Waals surface area contributed by atoms with Crippen molar-refractivity contribution < 1.29 is 14.3 Å². The predicted molar refractivity (Wildman–Crippen MR) is 98.0 cm³/mol. The summed E-state index contributed by atoms with van der Waals surface area (Å²) in [5, 5.41) is 3.16. The van der Waals surface area contributed by atoms with Gasteiger partial charge < -0.3 is 15.0 Å². The van der Waals surface area contributed by atoms with E-state index in [-0.39, 0.29) is 17.7 Å². The summed E-state index contributed by atoms with van der Waals surface area (Å²) in [6, 6.07) is 15.3. The second-order valence-corrected chi connectivity index (χ2v) is 6.47. The van der Waals surface area contributed by atoms with Gasteiger partial charge in [-0.05, 0) is 29.7 Å². The lowest BCUT2D eigenvalue weighted by atomic mass is 9.90. The highest BCUT2D eigenvalue weighted by Gasteiger charge is 2.36. The zero-order chi connectivity index (χ0) is 18.1. The summed E-state index contributed by atoms with van der Waals surface area (Å²) in [6.45, 7) is 1.27. The van der Waals surface area contributed by atoms with Crippen molar-refractivity contribution in [1.82, 2.24) is 10.2 Å². The van der Waals surface area contributed by atoms with Crippen molar-refractivity contribution >= 4 is 11.7 Å². The molecule has 0 bridgehead atoms. The lowest BCUT2D eigenvalue weighted by Crippen LogP contribution is -2.51. The fourth-order valence-corrected chi connectivity index (χ4v) is 3.72. The van der Waals surface area contributed by atoms with E-state index in [2.05, 4.69) is 17.4 Å². The van der Waals surface area contributed by atoms with Crippen molar-refractivity contribution in [1.29, 1.82) is 0 Å². The summed E-state index contributed by atoms with van der Waals surface area (Å²) in [5.41, 5.74) is 3.27. The Kier molecular flexibility index (Phi) is 4.21. The molecule has 2 aromatic carbocycles. The van der Waals surface area contributed by atoms with Crippen molar-refractivity contribution in [2.75, 3.05) is 20.2 Å². The molecule has 1 atom stereocenters. The lowest BCUT2D eigenvalue weighted by molar-refractivity contribution is -0.132. The smallest absolute Gasteiger partial charge is 0.270 e. The van der Waals surface area contributed by atoms with Gasteiger partial charge in [-0.2, -0.15) is 0 Å². The first-order valence-corrected chi connectivity index (χ1v) is 8.70. The number of carbonyl (C=O) groups is 2. The fraction of sp³-hybridized carbons (Fsp3) is 0.238. The molecule has 1 amide bonds. The first-order valence-electron chi connectivity index (χ1n) is 8.70. The zero-order valence-corrected chi connectivity index (χ0v) is 14.6. The second-order valence-electron chi connectivity index (χ2n) is 6.47. The van der Waals surface area contributed by atoms with Crippen molar-refractivity contribution in [2.24, 2.45) is 0 Å². The van der Waals surface area contributed by atoms with Gasteiger partial charge in [-0.1, -0.05) is 36.4 Å². The normalized spacial score (nSPS) is 20.2. The van der Waals surface area contributed by atoms with Gasteiger partial charge in [-0.25, -0.2) is 0 Å². The van der Waals surface area contributed by atoms with Crippen LogP contribution in [-0.2, 0) is 11.2 Å². The van der Waals surface area contributed by atoms with E-state index in [0.29, 0.717) is 30.1 Å². The second kappa shape index (κ2) is 6.67. The Hall–Kier alpha value is -3.08. The van der Waals surface area contributed by atoms with Crippen LogP contribution in [0.3, 0.4) is 0 Å². The molecular weight excluding hydrogens is 328 g/mol. The molecule has 1 N–H and O–H groups in total. The average molecular weight is 348 g/mol. The summed E-state index contributed by atoms with van der Waals surface area (Å²) >= 11 is 0. The number of nitrogens with one attached hydrogen (secondary N) is 1. The van der Waals surface area contributed by atoms with Gasteiger partial charge in [0.25, 0.3) is 5.91 Å². The number of benzene rings is 2. The number of nitrogens with zero attached hydrogens (tertiary/aromatic N) is 1. The first kappa shape index (κ1) is 16.4. The topological polar surface area (TPSA) is 58.6 Å². The molecule has 2 heterocycles. The minimum absolute atomic E-state index is 0.0194. The molecule has 5 nitrogen and oxygen atoms in total. The number of amides is 1. The summed E-state index contributed by atoms with van der Waals surface area (Å²) in [7, 11) is 1.53. The molecule has 2 aromatic rings. The number of allylic oxidation sites excluding steroid dienone is 1. The van der Waals surface area contributed by atoms with Crippen LogP contribution in [0, 0.1) is 0 Å². The molecule has 1 saturated heterocycles. The first-order chi connectivity index (χ1) is 12.7. The molecule has 1 fully saturated rings. The Morgan fingerprint density at radius 1 is 1.19 bits per heavy atom. The molecule has 0 aliphatic carbocycles. The van der Waals surface area contributed by atoms with E-state index in [0.717, 1.165) is 6.42 Å². The number of ether oxygens (including phenoxy) is 1. The van der Waals surface area contributed by atoms with Gasteiger partial charge in [0.15, 0.2) is 5.78 Å². The number of piperazine rings is 1. The van der Waals surface area contributed by atoms with Crippen LogP contribution < -0.4 is 10.1 Å². The third kappa shape index (κ3) is 2.75. The number of methoxy groups -OCH3 is 1. The van der Waals surface area contributed by atoms with Crippen LogP contribution in [0.1, 0.15) is 27.5 Å². The van der Waals surface area contributed by atoms with Crippen LogP contribution in [0.4, 0.5) is 0 Å². The molecule has 0 saturated carbocycles. The SMILES string of the molecule is COc1ccccc1C(=O)/C=C1\NCC2c3ccccc3CCN2C1=O. The number of rotatable bonds is 3. The van der Waals surface area contributed by atoms with E-state index in [9.17, 15) is 9.59 Å². The molecule has 26 heavy (non-hydrogen) atoms. The maximum Gasteiger partial charge on any atom is 0.270 e. The Morgan fingerprint density at radius 2 is 1.96 bits per heavy atom. The molecule has 0 aromatic heterocycles. The Bertz CT molecular complexity index is 904. The van der Waals surface area contributed by atoms with E-state index in [1.165, 1.54) is 24.3 Å². The van der Waals surface area contributed by atoms with Crippen LogP contribution in [0.15, 0.2) is 60.3 Å². The number of para-hydroxylation sites is 1. The monoisotopic (exact) mass is 348 g/mol. The van der Waals surface area contributed by atoms with Crippen LogP contribution >= 0.6 is 0 Å². The van der Waals surface area contributed by atoms with Crippen LogP contribution in [0.25, 0.3) is 0 Å². The Morgan fingerprint density at radius 3 is 2.81 bits per heavy atom. The van der Waals surface area contributed by atoms with Gasteiger partial charge >= 0.3 is 0 Å². The van der Waals surface area contributed by atoms with Crippen LogP contribution in [-0.4, -0.2) is 36.8 Å². The van der Waals surface area contributed by atoms with Crippen molar-refractivity contribution in [3.63, 3.8) is 0 Å². The number of carbonyl (C=O) groups excluding carboxylic acids is 2. The predicted octanol–water partition coefficient (Wildman–Crippen LogP) is 2.49. The number of hydrogen-bond acceptors (Lipinski definition) is 4. The summed E-state index contributed by atoms with van der Waals surface area (Å²) < 4.78 is 5.24. The molecule has 0 radical (unpaired) electrons. The molecule has 0 spiro atoms. The van der Waals surface area contributed by atoms with Gasteiger partial charge in [0.1, 0.15) is 11.4 Å². The van der Waals surface area contributed by atoms with E-state index in [1.54, 1.807) is 18.2 Å². The summed E-state index contributed by atoms with van der Waals surface area (Å²) in [6.07, 6.45) is 2.23. The van der Waals surface area contributed by atoms with E-state index in [1.807, 2.05) is 23.1 Å². The van der Waals surface area contributed by atoms with Gasteiger partial charge in [-0.3, -0.25) is 9.59 Å². The molecule has 1 unspecified atom stereocenters. The van der Waals surface area contributed by atoms with Gasteiger partial charge in [-0.15, -0.1) is 0 Å². The maximum absolute atomic E-state index is 12.9. The van der Waals surface area contributed by atoms with Gasteiger partial charge in [0.2, 0.25) is 0 Å². The van der Waals surface area contributed by atoms with E-state index >= 15 is 0 Å². The lowest BCUT2D eigenvalue weighted by Gasteiger charge is -2.41. The van der Waals surface area contributed by atoms with Crippen molar-refractivity contribution in [3.05, 3.63) is 77.0 Å². The minimum Gasteiger partial charge on any atom is -0.496 e. The quantitative estimate of drug-likeness (QED) is 0.684. The maximum atomic E-state index is 12.9. The van der Waals surface area contributed by atoms with Crippen molar-refractivity contribution in [3.8, 4) is 5.75 Å². The molecule has 5 heteroatoms. The fourth-order valence-electron chi connectivity index (χ4n) is 3.72. The zero-order valence-electron chi connectivity index (χ0n) is 14.6. The third-order valence-corrected chi connectivity index (χ3v) is 5.04. The van der Waals surface area contributed by atoms with Crippen molar-refractivity contribution in [2.45, 2.75) is 12.5 Å². The highest BCUT2D eigenvalue weighted by Crippen LogP contribution is 2.32.